The van der Waals surface area contributed by atoms with Crippen LogP contribution in [0, 0.1) is 5.82 Å². The Morgan fingerprint density at radius 3 is 2.47 bits per heavy atom. The molecule has 0 aliphatic heterocycles. The monoisotopic (exact) mass is 406 g/mol. The lowest BCUT2D eigenvalue weighted by atomic mass is 10.0. The molecule has 0 amide bonds. The molecular formula is C14H10Br2ClFO. The molecule has 1 N–H and O–H groups in total. The standard InChI is InChI=1S/C14H10Br2ClFO/c15-9-2-4-13(18)8(5-9)6-14(19)11-7-10(16)1-3-12(11)17/h1-5,7,14,19H,6H2. The third-order valence-corrected chi connectivity index (χ3v) is 4.07. The lowest BCUT2D eigenvalue weighted by molar-refractivity contribution is 0.177. The van der Waals surface area contributed by atoms with Gasteiger partial charge in [0.1, 0.15) is 5.82 Å². The van der Waals surface area contributed by atoms with Crippen LogP contribution in [0.15, 0.2) is 45.3 Å². The van der Waals surface area contributed by atoms with Crippen molar-refractivity contribution in [2.45, 2.75) is 12.5 Å². The number of benzene rings is 2. The molecule has 0 saturated carbocycles. The lowest BCUT2D eigenvalue weighted by Crippen LogP contribution is -2.04. The Morgan fingerprint density at radius 2 is 1.74 bits per heavy atom. The van der Waals surface area contributed by atoms with Crippen molar-refractivity contribution in [3.8, 4) is 0 Å². The van der Waals surface area contributed by atoms with E-state index in [1.54, 1.807) is 30.3 Å². The molecule has 0 fully saturated rings. The first kappa shape index (κ1) is 15.0. The molecular weight excluding hydrogens is 398 g/mol. The maximum Gasteiger partial charge on any atom is 0.126 e. The topological polar surface area (TPSA) is 20.2 Å². The summed E-state index contributed by atoms with van der Waals surface area (Å²) >= 11 is 12.7. The van der Waals surface area contributed by atoms with Gasteiger partial charge in [0, 0.05) is 26.0 Å². The van der Waals surface area contributed by atoms with Crippen LogP contribution in [0.25, 0.3) is 0 Å². The van der Waals surface area contributed by atoms with Crippen molar-refractivity contribution in [3.05, 3.63) is 67.3 Å². The second-order valence-electron chi connectivity index (χ2n) is 4.12. The average molecular weight is 408 g/mol. The fourth-order valence-electron chi connectivity index (χ4n) is 1.79. The highest BCUT2D eigenvalue weighted by Crippen LogP contribution is 2.29. The Labute approximate surface area is 132 Å². The zero-order valence-electron chi connectivity index (χ0n) is 9.71. The molecule has 0 aliphatic rings. The van der Waals surface area contributed by atoms with E-state index in [2.05, 4.69) is 31.9 Å². The number of aliphatic hydroxyl groups excluding tert-OH is 1. The van der Waals surface area contributed by atoms with Gasteiger partial charge in [0.25, 0.3) is 0 Å². The van der Waals surface area contributed by atoms with Gasteiger partial charge >= 0.3 is 0 Å². The van der Waals surface area contributed by atoms with Gasteiger partial charge in [-0.15, -0.1) is 0 Å². The molecule has 1 unspecified atom stereocenters. The number of halogens is 4. The van der Waals surface area contributed by atoms with Gasteiger partial charge in [-0.2, -0.15) is 0 Å². The van der Waals surface area contributed by atoms with E-state index in [1.807, 2.05) is 0 Å². The van der Waals surface area contributed by atoms with Crippen LogP contribution in [0.3, 0.4) is 0 Å². The van der Waals surface area contributed by atoms with Gasteiger partial charge in [-0.05, 0) is 42.0 Å². The van der Waals surface area contributed by atoms with Crippen LogP contribution in [-0.2, 0) is 6.42 Å². The number of rotatable bonds is 3. The molecule has 100 valence electrons. The van der Waals surface area contributed by atoms with Crippen LogP contribution in [0.2, 0.25) is 5.02 Å². The van der Waals surface area contributed by atoms with E-state index >= 15 is 0 Å². The molecule has 1 atom stereocenters. The van der Waals surface area contributed by atoms with E-state index in [0.29, 0.717) is 16.1 Å². The maximum absolute atomic E-state index is 13.7. The summed E-state index contributed by atoms with van der Waals surface area (Å²) in [7, 11) is 0. The van der Waals surface area contributed by atoms with E-state index in [1.165, 1.54) is 6.07 Å². The molecule has 0 bridgehead atoms. The van der Waals surface area contributed by atoms with Crippen LogP contribution >= 0.6 is 43.5 Å². The predicted octanol–water partition coefficient (Wildman–Crippen LogP) is 5.28. The van der Waals surface area contributed by atoms with Crippen molar-refractivity contribution in [1.29, 1.82) is 0 Å². The highest BCUT2D eigenvalue weighted by molar-refractivity contribution is 9.10. The largest absolute Gasteiger partial charge is 0.388 e. The van der Waals surface area contributed by atoms with Crippen molar-refractivity contribution < 1.29 is 9.50 Å². The molecule has 0 spiro atoms. The Kier molecular flexibility index (Phi) is 5.01. The molecule has 0 radical (unpaired) electrons. The highest BCUT2D eigenvalue weighted by atomic mass is 79.9. The lowest BCUT2D eigenvalue weighted by Gasteiger charge is -2.14. The van der Waals surface area contributed by atoms with E-state index in [0.717, 1.165) is 8.95 Å². The minimum Gasteiger partial charge on any atom is -0.388 e. The molecule has 0 saturated heterocycles. The summed E-state index contributed by atoms with van der Waals surface area (Å²) in [6.07, 6.45) is -0.685. The molecule has 0 aliphatic carbocycles. The van der Waals surface area contributed by atoms with E-state index in [-0.39, 0.29) is 12.2 Å². The van der Waals surface area contributed by atoms with Crippen molar-refractivity contribution >= 4 is 43.5 Å². The first-order valence-electron chi connectivity index (χ1n) is 5.54. The summed E-state index contributed by atoms with van der Waals surface area (Å²) in [4.78, 5) is 0. The van der Waals surface area contributed by atoms with Gasteiger partial charge in [-0.25, -0.2) is 4.39 Å². The summed E-state index contributed by atoms with van der Waals surface area (Å²) in [6, 6.07) is 9.87. The highest BCUT2D eigenvalue weighted by Gasteiger charge is 2.15. The summed E-state index contributed by atoms with van der Waals surface area (Å²) < 4.78 is 15.2. The molecule has 2 aromatic carbocycles. The molecule has 0 heterocycles. The van der Waals surface area contributed by atoms with Crippen LogP contribution in [0.4, 0.5) is 4.39 Å². The van der Waals surface area contributed by atoms with Crippen LogP contribution in [0.1, 0.15) is 17.2 Å². The molecule has 1 nitrogen and oxygen atoms in total. The SMILES string of the molecule is OC(Cc1cc(Br)ccc1F)c1cc(Br)ccc1Cl. The summed E-state index contributed by atoms with van der Waals surface area (Å²) in [5, 5.41) is 10.7. The fourth-order valence-corrected chi connectivity index (χ4v) is 2.82. The number of hydrogen-bond acceptors (Lipinski definition) is 1. The van der Waals surface area contributed by atoms with Gasteiger partial charge in [-0.1, -0.05) is 43.5 Å². The molecule has 2 rings (SSSR count). The number of aliphatic hydroxyl groups is 1. The predicted molar refractivity (Wildman–Crippen MR) is 81.9 cm³/mol. The molecule has 0 aromatic heterocycles. The summed E-state index contributed by atoms with van der Waals surface area (Å²) in [5.74, 6) is -0.339. The first-order valence-corrected chi connectivity index (χ1v) is 7.50. The van der Waals surface area contributed by atoms with Crippen molar-refractivity contribution in [3.63, 3.8) is 0 Å². The average Bonchev–Trinajstić information content (AvgIpc) is 2.36. The van der Waals surface area contributed by atoms with Gasteiger partial charge in [-0.3, -0.25) is 0 Å². The zero-order chi connectivity index (χ0) is 14.0. The van der Waals surface area contributed by atoms with Gasteiger partial charge < -0.3 is 5.11 Å². The smallest absolute Gasteiger partial charge is 0.126 e. The third-order valence-electron chi connectivity index (χ3n) is 2.74. The zero-order valence-corrected chi connectivity index (χ0v) is 13.6. The van der Waals surface area contributed by atoms with Gasteiger partial charge in [0.05, 0.1) is 6.10 Å². The second kappa shape index (κ2) is 6.35. The van der Waals surface area contributed by atoms with E-state index in [4.69, 9.17) is 11.6 Å². The minimum absolute atomic E-state index is 0.168. The van der Waals surface area contributed by atoms with Crippen molar-refractivity contribution in [2.24, 2.45) is 0 Å². The molecule has 5 heteroatoms. The van der Waals surface area contributed by atoms with Crippen molar-refractivity contribution in [2.75, 3.05) is 0 Å². The first-order chi connectivity index (χ1) is 8.97. The fraction of sp³-hybridized carbons (Fsp3) is 0.143. The summed E-state index contributed by atoms with van der Waals surface area (Å²) in [6.45, 7) is 0. The van der Waals surface area contributed by atoms with Crippen molar-refractivity contribution in [1.82, 2.24) is 0 Å². The normalized spacial score (nSPS) is 12.5. The Bertz CT molecular complexity index is 604. The van der Waals surface area contributed by atoms with Gasteiger partial charge in [0.2, 0.25) is 0 Å². The van der Waals surface area contributed by atoms with Gasteiger partial charge in [0.15, 0.2) is 0 Å². The van der Waals surface area contributed by atoms with Crippen LogP contribution in [0.5, 0.6) is 0 Å². The van der Waals surface area contributed by atoms with E-state index in [9.17, 15) is 9.50 Å². The Balaban J connectivity index is 2.27. The number of hydrogen-bond donors (Lipinski definition) is 1. The Hall–Kier alpha value is -0.420. The van der Waals surface area contributed by atoms with Crippen LogP contribution in [-0.4, -0.2) is 5.11 Å². The summed E-state index contributed by atoms with van der Waals surface area (Å²) in [5.41, 5.74) is 1.02. The van der Waals surface area contributed by atoms with Crippen LogP contribution < -0.4 is 0 Å². The second-order valence-corrected chi connectivity index (χ2v) is 6.36. The van der Waals surface area contributed by atoms with E-state index < -0.39 is 6.10 Å². The maximum atomic E-state index is 13.7. The third kappa shape index (κ3) is 3.78. The Morgan fingerprint density at radius 1 is 1.11 bits per heavy atom. The quantitative estimate of drug-likeness (QED) is 0.733. The minimum atomic E-state index is -0.853. The molecule has 19 heavy (non-hydrogen) atoms. The molecule has 2 aromatic rings.